The predicted molar refractivity (Wildman–Crippen MR) is 95.3 cm³/mol. The van der Waals surface area contributed by atoms with Gasteiger partial charge in [0.05, 0.1) is 4.90 Å². The summed E-state index contributed by atoms with van der Waals surface area (Å²) in [6.45, 7) is 4.03. The summed E-state index contributed by atoms with van der Waals surface area (Å²) in [6, 6.07) is 18.6. The topological polar surface area (TPSA) is 61.4 Å². The summed E-state index contributed by atoms with van der Waals surface area (Å²) in [6.07, 6.45) is 0. The Morgan fingerprint density at radius 1 is 0.958 bits per heavy atom. The van der Waals surface area contributed by atoms with Crippen LogP contribution >= 0.6 is 0 Å². The second kappa shape index (κ2) is 7.90. The molecule has 2 aromatic carbocycles. The third-order valence-electron chi connectivity index (χ3n) is 4.30. The maximum atomic E-state index is 12.5. The van der Waals surface area contributed by atoms with Crippen LogP contribution in [-0.2, 0) is 10.0 Å². The number of hydrogen-bond donors (Lipinski definition) is 2. The molecule has 1 atom stereocenters. The van der Waals surface area contributed by atoms with Gasteiger partial charge in [0.2, 0.25) is 10.0 Å². The van der Waals surface area contributed by atoms with Crippen molar-refractivity contribution in [2.75, 3.05) is 32.7 Å². The predicted octanol–water partition coefficient (Wildman–Crippen LogP) is 1.61. The molecule has 1 saturated heterocycles. The molecule has 0 spiro atoms. The summed E-state index contributed by atoms with van der Waals surface area (Å²) < 4.78 is 27.8. The molecule has 3 rings (SSSR count). The zero-order chi connectivity index (χ0) is 16.8. The van der Waals surface area contributed by atoms with Gasteiger partial charge < -0.3 is 5.32 Å². The van der Waals surface area contributed by atoms with Gasteiger partial charge in [0.25, 0.3) is 0 Å². The maximum absolute atomic E-state index is 12.5. The van der Waals surface area contributed by atoms with Crippen molar-refractivity contribution in [3.8, 4) is 0 Å². The number of rotatable bonds is 6. The number of sulfonamides is 1. The molecule has 1 fully saturated rings. The highest BCUT2D eigenvalue weighted by atomic mass is 32.2. The lowest BCUT2D eigenvalue weighted by Gasteiger charge is -2.35. The molecule has 1 aliphatic heterocycles. The summed E-state index contributed by atoms with van der Waals surface area (Å²) >= 11 is 0. The van der Waals surface area contributed by atoms with Gasteiger partial charge in [-0.3, -0.25) is 4.90 Å². The minimum Gasteiger partial charge on any atom is -0.314 e. The quantitative estimate of drug-likeness (QED) is 0.835. The van der Waals surface area contributed by atoms with E-state index in [0.29, 0.717) is 11.4 Å². The normalized spacial score (nSPS) is 17.5. The molecule has 1 unspecified atom stereocenters. The van der Waals surface area contributed by atoms with Crippen molar-refractivity contribution in [1.29, 1.82) is 0 Å². The summed E-state index contributed by atoms with van der Waals surface area (Å²) in [5, 5.41) is 3.34. The summed E-state index contributed by atoms with van der Waals surface area (Å²) in [5.41, 5.74) is 1.13. The highest BCUT2D eigenvalue weighted by Crippen LogP contribution is 2.21. The van der Waals surface area contributed by atoms with Crippen LogP contribution in [0.3, 0.4) is 0 Å². The molecular weight excluding hydrogens is 322 g/mol. The standard InChI is InChI=1S/C18H23N3O2S/c22-24(23,17-9-5-2-6-10-17)20-15-18(16-7-3-1-4-8-16)21-13-11-19-12-14-21/h1-10,18-20H,11-15H2. The van der Waals surface area contributed by atoms with Crippen LogP contribution in [0.5, 0.6) is 0 Å². The van der Waals surface area contributed by atoms with Crippen molar-refractivity contribution in [3.05, 3.63) is 66.2 Å². The van der Waals surface area contributed by atoms with Crippen LogP contribution in [0.1, 0.15) is 11.6 Å². The summed E-state index contributed by atoms with van der Waals surface area (Å²) in [4.78, 5) is 2.64. The van der Waals surface area contributed by atoms with E-state index in [-0.39, 0.29) is 6.04 Å². The molecule has 6 heteroatoms. The lowest BCUT2D eigenvalue weighted by Crippen LogP contribution is -2.48. The van der Waals surface area contributed by atoms with Crippen LogP contribution in [0.25, 0.3) is 0 Å². The third kappa shape index (κ3) is 4.21. The Morgan fingerprint density at radius 3 is 2.17 bits per heavy atom. The van der Waals surface area contributed by atoms with Crippen LogP contribution in [0.2, 0.25) is 0 Å². The van der Waals surface area contributed by atoms with Gasteiger partial charge in [0.15, 0.2) is 0 Å². The summed E-state index contributed by atoms with van der Waals surface area (Å²) in [7, 11) is -3.49. The van der Waals surface area contributed by atoms with E-state index in [0.717, 1.165) is 31.7 Å². The Kier molecular flexibility index (Phi) is 5.63. The first-order valence-electron chi connectivity index (χ1n) is 8.21. The van der Waals surface area contributed by atoms with Crippen LogP contribution in [-0.4, -0.2) is 46.0 Å². The molecule has 128 valence electrons. The number of nitrogens with one attached hydrogen (secondary N) is 2. The average molecular weight is 345 g/mol. The molecule has 0 aliphatic carbocycles. The smallest absolute Gasteiger partial charge is 0.240 e. The first-order valence-corrected chi connectivity index (χ1v) is 9.69. The minimum absolute atomic E-state index is 0.0341. The molecular formula is C18H23N3O2S. The second-order valence-corrected chi connectivity index (χ2v) is 7.64. The Hall–Kier alpha value is -1.73. The summed E-state index contributed by atoms with van der Waals surface area (Å²) in [5.74, 6) is 0. The molecule has 1 aliphatic rings. The van der Waals surface area contributed by atoms with Crippen LogP contribution in [0, 0.1) is 0 Å². The molecule has 0 amide bonds. The molecule has 0 bridgehead atoms. The molecule has 0 saturated carbocycles. The Balaban J connectivity index is 1.77. The van der Waals surface area contributed by atoms with E-state index in [4.69, 9.17) is 0 Å². The number of hydrogen-bond acceptors (Lipinski definition) is 4. The van der Waals surface area contributed by atoms with Gasteiger partial charge in [-0.15, -0.1) is 0 Å². The van der Waals surface area contributed by atoms with Crippen molar-refractivity contribution in [2.45, 2.75) is 10.9 Å². The van der Waals surface area contributed by atoms with Gasteiger partial charge in [-0.1, -0.05) is 48.5 Å². The number of piperazine rings is 1. The van der Waals surface area contributed by atoms with Crippen LogP contribution < -0.4 is 10.0 Å². The van der Waals surface area contributed by atoms with Crippen molar-refractivity contribution in [1.82, 2.24) is 14.9 Å². The zero-order valence-corrected chi connectivity index (χ0v) is 14.4. The van der Waals surface area contributed by atoms with E-state index in [1.807, 2.05) is 24.3 Å². The average Bonchev–Trinajstić information content (AvgIpc) is 2.64. The van der Waals surface area contributed by atoms with Crippen LogP contribution in [0.4, 0.5) is 0 Å². The maximum Gasteiger partial charge on any atom is 0.240 e. The van der Waals surface area contributed by atoms with Gasteiger partial charge in [-0.25, -0.2) is 13.1 Å². The van der Waals surface area contributed by atoms with E-state index >= 15 is 0 Å². The van der Waals surface area contributed by atoms with Crippen molar-refractivity contribution < 1.29 is 8.42 Å². The molecule has 2 aromatic rings. The first-order chi connectivity index (χ1) is 11.7. The molecule has 1 heterocycles. The van der Waals surface area contributed by atoms with E-state index in [9.17, 15) is 8.42 Å². The molecule has 2 N–H and O–H groups in total. The van der Waals surface area contributed by atoms with Gasteiger partial charge in [0.1, 0.15) is 0 Å². The van der Waals surface area contributed by atoms with Crippen LogP contribution in [0.15, 0.2) is 65.6 Å². The number of nitrogens with zero attached hydrogens (tertiary/aromatic N) is 1. The van der Waals surface area contributed by atoms with Crippen molar-refractivity contribution in [3.63, 3.8) is 0 Å². The van der Waals surface area contributed by atoms with Crippen molar-refractivity contribution >= 4 is 10.0 Å². The molecule has 0 aromatic heterocycles. The fraction of sp³-hybridized carbons (Fsp3) is 0.333. The Bertz CT molecular complexity index is 729. The monoisotopic (exact) mass is 345 g/mol. The van der Waals surface area contributed by atoms with E-state index in [1.165, 1.54) is 0 Å². The SMILES string of the molecule is O=S(=O)(NCC(c1ccccc1)N1CCNCC1)c1ccccc1. The van der Waals surface area contributed by atoms with E-state index in [1.54, 1.807) is 24.3 Å². The fourth-order valence-corrected chi connectivity index (χ4v) is 4.06. The van der Waals surface area contributed by atoms with Gasteiger partial charge >= 0.3 is 0 Å². The highest BCUT2D eigenvalue weighted by molar-refractivity contribution is 7.89. The zero-order valence-electron chi connectivity index (χ0n) is 13.6. The Morgan fingerprint density at radius 2 is 1.54 bits per heavy atom. The third-order valence-corrected chi connectivity index (χ3v) is 5.74. The minimum atomic E-state index is -3.49. The Labute approximate surface area is 143 Å². The van der Waals surface area contributed by atoms with Gasteiger partial charge in [-0.05, 0) is 17.7 Å². The van der Waals surface area contributed by atoms with E-state index in [2.05, 4.69) is 27.1 Å². The van der Waals surface area contributed by atoms with Gasteiger partial charge in [0, 0.05) is 38.8 Å². The van der Waals surface area contributed by atoms with E-state index < -0.39 is 10.0 Å². The fourth-order valence-electron chi connectivity index (χ4n) is 3.00. The lowest BCUT2D eigenvalue weighted by atomic mass is 10.0. The largest absolute Gasteiger partial charge is 0.314 e. The molecule has 24 heavy (non-hydrogen) atoms. The van der Waals surface area contributed by atoms with Gasteiger partial charge in [-0.2, -0.15) is 0 Å². The highest BCUT2D eigenvalue weighted by Gasteiger charge is 2.24. The second-order valence-electron chi connectivity index (χ2n) is 5.88. The first kappa shape index (κ1) is 17.1. The van der Waals surface area contributed by atoms with Crippen molar-refractivity contribution in [2.24, 2.45) is 0 Å². The number of benzene rings is 2. The lowest BCUT2D eigenvalue weighted by molar-refractivity contribution is 0.175. The molecule has 0 radical (unpaired) electrons. The molecule has 5 nitrogen and oxygen atoms in total.